The molecule has 2 heterocycles. The minimum Gasteiger partial charge on any atom is -0.396 e. The van der Waals surface area contributed by atoms with Gasteiger partial charge in [-0.25, -0.2) is 0 Å². The molecule has 0 spiro atoms. The maximum absolute atomic E-state index is 13.3. The second-order valence-electron chi connectivity index (χ2n) is 9.34. The SMILES string of the molecule is O=C1C(=Cc2cc(CCCCCO)c(-c3ccc(Cl)cc3)s2)SC(=S)N1C1CC2CCC1C2. The van der Waals surface area contributed by atoms with Crippen molar-refractivity contribution in [1.82, 2.24) is 4.90 Å². The van der Waals surface area contributed by atoms with Crippen molar-refractivity contribution in [3.8, 4) is 10.4 Å². The number of carbonyl (C=O) groups is 1. The number of nitrogens with zero attached hydrogens (tertiary/aromatic N) is 1. The van der Waals surface area contributed by atoms with Gasteiger partial charge in [0.2, 0.25) is 0 Å². The summed E-state index contributed by atoms with van der Waals surface area (Å²) in [5.74, 6) is 1.50. The molecule has 33 heavy (non-hydrogen) atoms. The molecule has 174 valence electrons. The molecule has 2 saturated carbocycles. The Hall–Kier alpha value is -1.18. The third-order valence-electron chi connectivity index (χ3n) is 7.17. The zero-order chi connectivity index (χ0) is 22.9. The first-order chi connectivity index (χ1) is 16.0. The summed E-state index contributed by atoms with van der Waals surface area (Å²) in [4.78, 5) is 18.3. The lowest BCUT2D eigenvalue weighted by Gasteiger charge is -2.30. The number of aryl methyl sites for hydroxylation is 1. The number of thiophene rings is 1. The van der Waals surface area contributed by atoms with Crippen LogP contribution in [-0.4, -0.2) is 32.9 Å². The second-order valence-corrected chi connectivity index (χ2v) is 12.5. The standard InChI is InChI=1S/C26H28ClNO2S3/c27-20-9-7-17(8-10-20)24-19(4-2-1-3-11-29)14-21(32-24)15-23-25(30)28(26(31)33-23)22-13-16-5-6-18(22)12-16/h7-10,14-16,18,22,29H,1-6,11-13H2. The smallest absolute Gasteiger partial charge is 0.266 e. The number of halogens is 1. The van der Waals surface area contributed by atoms with E-state index in [-0.39, 0.29) is 12.5 Å². The Morgan fingerprint density at radius 1 is 1.15 bits per heavy atom. The van der Waals surface area contributed by atoms with Crippen LogP contribution in [0.2, 0.25) is 5.02 Å². The molecule has 3 fully saturated rings. The Labute approximate surface area is 214 Å². The van der Waals surface area contributed by atoms with Crippen molar-refractivity contribution in [3.05, 3.63) is 50.7 Å². The number of unbranched alkanes of at least 4 members (excludes halogenated alkanes) is 2. The van der Waals surface area contributed by atoms with Gasteiger partial charge in [0.25, 0.3) is 5.91 Å². The molecule has 2 aromatic rings. The first kappa shape index (κ1) is 23.6. The molecule has 5 rings (SSSR count). The van der Waals surface area contributed by atoms with E-state index in [0.29, 0.717) is 12.0 Å². The molecule has 7 heteroatoms. The van der Waals surface area contributed by atoms with E-state index >= 15 is 0 Å². The largest absolute Gasteiger partial charge is 0.396 e. The van der Waals surface area contributed by atoms with E-state index in [0.717, 1.165) is 62.7 Å². The van der Waals surface area contributed by atoms with Gasteiger partial charge in [0, 0.05) is 27.4 Å². The van der Waals surface area contributed by atoms with Crippen LogP contribution < -0.4 is 0 Å². The number of hydrogen-bond donors (Lipinski definition) is 1. The summed E-state index contributed by atoms with van der Waals surface area (Å²) in [7, 11) is 0. The second kappa shape index (κ2) is 10.2. The van der Waals surface area contributed by atoms with E-state index in [1.54, 1.807) is 11.3 Å². The summed E-state index contributed by atoms with van der Waals surface area (Å²) in [5, 5.41) is 9.83. The number of thiocarbonyl (C=S) groups is 1. The number of fused-ring (bicyclic) bond motifs is 2. The van der Waals surface area contributed by atoms with Crippen LogP contribution >= 0.6 is 46.9 Å². The number of rotatable bonds is 8. The van der Waals surface area contributed by atoms with Crippen molar-refractivity contribution in [3.63, 3.8) is 0 Å². The van der Waals surface area contributed by atoms with Gasteiger partial charge in [0.05, 0.1) is 4.91 Å². The highest BCUT2D eigenvalue weighted by Crippen LogP contribution is 2.49. The number of aliphatic hydroxyl groups excluding tert-OH is 1. The summed E-state index contributed by atoms with van der Waals surface area (Å²) >= 11 is 15.0. The molecule has 1 aliphatic heterocycles. The molecular weight excluding hydrogens is 490 g/mol. The summed E-state index contributed by atoms with van der Waals surface area (Å²) < 4.78 is 0.725. The third kappa shape index (κ3) is 4.96. The number of hydrogen-bond acceptors (Lipinski definition) is 5. The number of carbonyl (C=O) groups excluding carboxylic acids is 1. The van der Waals surface area contributed by atoms with Gasteiger partial charge in [-0.15, -0.1) is 11.3 Å². The maximum Gasteiger partial charge on any atom is 0.266 e. The van der Waals surface area contributed by atoms with Crippen molar-refractivity contribution >= 4 is 63.2 Å². The first-order valence-corrected chi connectivity index (χ1v) is 14.2. The van der Waals surface area contributed by atoms with Gasteiger partial charge >= 0.3 is 0 Å². The average molecular weight is 518 g/mol. The Morgan fingerprint density at radius 2 is 1.97 bits per heavy atom. The molecule has 1 amide bonds. The van der Waals surface area contributed by atoms with Gasteiger partial charge in [-0.2, -0.15) is 0 Å². The number of amides is 1. The monoisotopic (exact) mass is 517 g/mol. The molecule has 2 aliphatic carbocycles. The first-order valence-electron chi connectivity index (χ1n) is 11.8. The number of thioether (sulfide) groups is 1. The zero-order valence-electron chi connectivity index (χ0n) is 18.5. The van der Waals surface area contributed by atoms with E-state index in [1.807, 2.05) is 23.1 Å². The van der Waals surface area contributed by atoms with Crippen LogP contribution in [0.25, 0.3) is 16.5 Å². The fourth-order valence-corrected chi connectivity index (χ4v) is 8.30. The third-order valence-corrected chi connectivity index (χ3v) is 9.92. The normalized spacial score (nSPS) is 25.7. The Balaban J connectivity index is 1.39. The van der Waals surface area contributed by atoms with Crippen LogP contribution in [0.4, 0.5) is 0 Å². The summed E-state index contributed by atoms with van der Waals surface area (Å²) in [6.07, 6.45) is 10.8. The summed E-state index contributed by atoms with van der Waals surface area (Å²) in [6, 6.07) is 10.5. The van der Waals surface area contributed by atoms with Crippen molar-refractivity contribution in [2.45, 2.75) is 57.4 Å². The van der Waals surface area contributed by atoms with Gasteiger partial charge in [0.15, 0.2) is 0 Å². The molecule has 3 unspecified atom stereocenters. The molecule has 1 saturated heterocycles. The lowest BCUT2D eigenvalue weighted by molar-refractivity contribution is -0.124. The molecule has 2 bridgehead atoms. The predicted octanol–water partition coefficient (Wildman–Crippen LogP) is 7.16. The fourth-order valence-electron chi connectivity index (χ4n) is 5.58. The predicted molar refractivity (Wildman–Crippen MR) is 144 cm³/mol. The van der Waals surface area contributed by atoms with Crippen LogP contribution in [0.1, 0.15) is 55.4 Å². The van der Waals surface area contributed by atoms with E-state index < -0.39 is 0 Å². The molecule has 1 aromatic heterocycles. The minimum atomic E-state index is 0.0912. The minimum absolute atomic E-state index is 0.0912. The highest BCUT2D eigenvalue weighted by molar-refractivity contribution is 8.26. The van der Waals surface area contributed by atoms with Crippen molar-refractivity contribution in [2.24, 2.45) is 11.8 Å². The van der Waals surface area contributed by atoms with Crippen LogP contribution in [-0.2, 0) is 11.2 Å². The average Bonchev–Trinajstić information content (AvgIpc) is 3.57. The molecule has 1 N–H and O–H groups in total. The summed E-state index contributed by atoms with van der Waals surface area (Å²) in [6.45, 7) is 0.239. The molecule has 3 atom stereocenters. The van der Waals surface area contributed by atoms with Crippen molar-refractivity contribution in [1.29, 1.82) is 0 Å². The fraction of sp³-hybridized carbons (Fsp3) is 0.462. The topological polar surface area (TPSA) is 40.5 Å². The van der Waals surface area contributed by atoms with E-state index in [9.17, 15) is 4.79 Å². The Bertz CT molecular complexity index is 1080. The van der Waals surface area contributed by atoms with Crippen LogP contribution in [0.5, 0.6) is 0 Å². The molecule has 3 nitrogen and oxygen atoms in total. The van der Waals surface area contributed by atoms with Crippen LogP contribution in [0, 0.1) is 11.8 Å². The van der Waals surface area contributed by atoms with Crippen LogP contribution in [0.3, 0.4) is 0 Å². The van der Waals surface area contributed by atoms with Crippen molar-refractivity contribution < 1.29 is 9.90 Å². The van der Waals surface area contributed by atoms with Gasteiger partial charge in [-0.3, -0.25) is 9.69 Å². The van der Waals surface area contributed by atoms with Gasteiger partial charge in [0.1, 0.15) is 4.32 Å². The lowest BCUT2D eigenvalue weighted by Crippen LogP contribution is -2.41. The van der Waals surface area contributed by atoms with Crippen molar-refractivity contribution in [2.75, 3.05) is 6.61 Å². The quantitative estimate of drug-likeness (QED) is 0.229. The van der Waals surface area contributed by atoms with E-state index in [4.69, 9.17) is 28.9 Å². The van der Waals surface area contributed by atoms with Crippen LogP contribution in [0.15, 0.2) is 35.2 Å². The van der Waals surface area contributed by atoms with Gasteiger partial charge in [-0.1, -0.05) is 60.6 Å². The number of benzene rings is 1. The van der Waals surface area contributed by atoms with E-state index in [2.05, 4.69) is 18.2 Å². The van der Waals surface area contributed by atoms with E-state index in [1.165, 1.54) is 41.5 Å². The van der Waals surface area contributed by atoms with Gasteiger partial charge < -0.3 is 5.11 Å². The molecule has 0 radical (unpaired) electrons. The highest BCUT2D eigenvalue weighted by Gasteiger charge is 2.47. The Kier molecular flexibility index (Phi) is 7.29. The molecular formula is C26H28ClNO2S3. The zero-order valence-corrected chi connectivity index (χ0v) is 21.7. The lowest BCUT2D eigenvalue weighted by atomic mass is 9.94. The van der Waals surface area contributed by atoms with Gasteiger partial charge in [-0.05, 0) is 85.8 Å². The summed E-state index contributed by atoms with van der Waals surface area (Å²) in [5.41, 5.74) is 2.44. The number of aliphatic hydroxyl groups is 1. The highest BCUT2D eigenvalue weighted by atomic mass is 35.5. The molecule has 1 aromatic carbocycles. The molecule has 3 aliphatic rings. The Morgan fingerprint density at radius 3 is 2.67 bits per heavy atom. The maximum atomic E-state index is 13.3.